The van der Waals surface area contributed by atoms with E-state index in [4.69, 9.17) is 4.74 Å². The Morgan fingerprint density at radius 3 is 2.53 bits per heavy atom. The molecule has 2 atom stereocenters. The summed E-state index contributed by atoms with van der Waals surface area (Å²) in [5.74, 6) is 0.870. The van der Waals surface area contributed by atoms with Gasteiger partial charge >= 0.3 is 0 Å². The normalized spacial score (nSPS) is 19.3. The van der Waals surface area contributed by atoms with E-state index in [-0.39, 0.29) is 0 Å². The molecular formula is C25H32N4O2S. The summed E-state index contributed by atoms with van der Waals surface area (Å²) in [7, 11) is 4.29. The fourth-order valence-electron chi connectivity index (χ4n) is 3.92. The number of hydrogen-bond donors (Lipinski definition) is 3. The highest BCUT2D eigenvalue weighted by Crippen LogP contribution is 2.33. The number of aliphatic hydroxyl groups excluding tert-OH is 1. The van der Waals surface area contributed by atoms with Gasteiger partial charge in [-0.15, -0.1) is 0 Å². The molecule has 0 aliphatic carbocycles. The van der Waals surface area contributed by atoms with E-state index in [1.807, 2.05) is 54.9 Å². The molecule has 0 saturated carbocycles. The van der Waals surface area contributed by atoms with E-state index in [0.717, 1.165) is 40.7 Å². The minimum absolute atomic E-state index is 0.608. The molecule has 6 nitrogen and oxygen atoms in total. The molecule has 2 aromatic rings. The van der Waals surface area contributed by atoms with Gasteiger partial charge in [0.15, 0.2) is 6.23 Å². The summed E-state index contributed by atoms with van der Waals surface area (Å²) in [5.41, 5.74) is 3.95. The maximum Gasteiger partial charge on any atom is 0.166 e. The molecule has 2 aliphatic heterocycles. The summed E-state index contributed by atoms with van der Waals surface area (Å²) in [4.78, 5) is 5.81. The van der Waals surface area contributed by atoms with Crippen molar-refractivity contribution in [3.63, 3.8) is 0 Å². The molecule has 4 rings (SSSR count). The SMILES string of the molecule is CCOc1ccc(C2=CNC(C(O)Nc3ccc(N4CCC(N(C)C)C4)cc3)=CS2)cc1. The first-order valence-corrected chi connectivity index (χ1v) is 11.9. The molecule has 1 saturated heterocycles. The molecule has 170 valence electrons. The number of nitrogens with one attached hydrogen (secondary N) is 2. The first-order valence-electron chi connectivity index (χ1n) is 11.1. The quantitative estimate of drug-likeness (QED) is 0.521. The first-order chi connectivity index (χ1) is 15.5. The minimum atomic E-state index is -0.809. The number of thioether (sulfide) groups is 1. The van der Waals surface area contributed by atoms with Crippen LogP contribution in [0.25, 0.3) is 4.91 Å². The molecule has 3 N–H and O–H groups in total. The van der Waals surface area contributed by atoms with Crippen LogP contribution in [0.5, 0.6) is 5.75 Å². The predicted molar refractivity (Wildman–Crippen MR) is 135 cm³/mol. The van der Waals surface area contributed by atoms with Crippen LogP contribution in [0.15, 0.2) is 65.8 Å². The molecular weight excluding hydrogens is 420 g/mol. The Morgan fingerprint density at radius 2 is 1.94 bits per heavy atom. The Hall–Kier alpha value is -2.61. The Kier molecular flexibility index (Phi) is 7.29. The van der Waals surface area contributed by atoms with Crippen molar-refractivity contribution in [2.24, 2.45) is 0 Å². The summed E-state index contributed by atoms with van der Waals surface area (Å²) < 4.78 is 5.50. The number of rotatable bonds is 8. The van der Waals surface area contributed by atoms with Crippen LogP contribution in [0.4, 0.5) is 11.4 Å². The minimum Gasteiger partial charge on any atom is -0.494 e. The third-order valence-corrected chi connectivity index (χ3v) is 6.84. The van der Waals surface area contributed by atoms with E-state index < -0.39 is 6.23 Å². The summed E-state index contributed by atoms with van der Waals surface area (Å²) in [6.07, 6.45) is 2.31. The zero-order valence-electron chi connectivity index (χ0n) is 18.9. The van der Waals surface area contributed by atoms with E-state index >= 15 is 0 Å². The molecule has 2 unspecified atom stereocenters. The number of benzene rings is 2. The van der Waals surface area contributed by atoms with E-state index in [2.05, 4.69) is 46.7 Å². The topological polar surface area (TPSA) is 60.0 Å². The summed E-state index contributed by atoms with van der Waals surface area (Å²) in [6.45, 7) is 4.77. The maximum atomic E-state index is 10.6. The lowest BCUT2D eigenvalue weighted by atomic mass is 10.2. The van der Waals surface area contributed by atoms with Crippen LogP contribution >= 0.6 is 11.8 Å². The number of ether oxygens (including phenoxy) is 1. The smallest absolute Gasteiger partial charge is 0.166 e. The third-order valence-electron chi connectivity index (χ3n) is 5.86. The van der Waals surface area contributed by atoms with Crippen molar-refractivity contribution in [3.8, 4) is 5.75 Å². The third kappa shape index (κ3) is 5.41. The van der Waals surface area contributed by atoms with Gasteiger partial charge in [-0.3, -0.25) is 0 Å². The Bertz CT molecular complexity index is 957. The molecule has 0 aromatic heterocycles. The van der Waals surface area contributed by atoms with Crippen LogP contribution in [-0.2, 0) is 0 Å². The summed E-state index contributed by atoms with van der Waals surface area (Å²) in [6, 6.07) is 16.9. The van der Waals surface area contributed by atoms with Crippen molar-refractivity contribution >= 4 is 28.0 Å². The molecule has 0 amide bonds. The van der Waals surface area contributed by atoms with E-state index in [1.54, 1.807) is 11.8 Å². The first kappa shape index (κ1) is 22.6. The van der Waals surface area contributed by atoms with Crippen LogP contribution in [-0.4, -0.2) is 56.1 Å². The number of aliphatic hydroxyl groups is 1. The lowest BCUT2D eigenvalue weighted by molar-refractivity contribution is 0.234. The van der Waals surface area contributed by atoms with Crippen molar-refractivity contribution < 1.29 is 9.84 Å². The molecule has 2 aliphatic rings. The van der Waals surface area contributed by atoms with Crippen LogP contribution in [0.1, 0.15) is 18.9 Å². The van der Waals surface area contributed by atoms with Crippen LogP contribution in [0.3, 0.4) is 0 Å². The fourth-order valence-corrected chi connectivity index (χ4v) is 4.77. The Morgan fingerprint density at radius 1 is 1.19 bits per heavy atom. The van der Waals surface area contributed by atoms with Gasteiger partial charge < -0.3 is 30.3 Å². The molecule has 2 heterocycles. The molecule has 1 fully saturated rings. The van der Waals surface area contributed by atoms with Gasteiger partial charge in [0, 0.05) is 41.6 Å². The van der Waals surface area contributed by atoms with Gasteiger partial charge in [-0.25, -0.2) is 0 Å². The van der Waals surface area contributed by atoms with Gasteiger partial charge in [-0.1, -0.05) is 23.9 Å². The second-order valence-electron chi connectivity index (χ2n) is 8.25. The van der Waals surface area contributed by atoms with E-state index in [0.29, 0.717) is 12.6 Å². The van der Waals surface area contributed by atoms with Crippen molar-refractivity contribution in [2.45, 2.75) is 25.6 Å². The van der Waals surface area contributed by atoms with Crippen LogP contribution < -0.4 is 20.3 Å². The van der Waals surface area contributed by atoms with Crippen LogP contribution in [0.2, 0.25) is 0 Å². The number of nitrogens with zero attached hydrogens (tertiary/aromatic N) is 2. The zero-order chi connectivity index (χ0) is 22.5. The van der Waals surface area contributed by atoms with Crippen molar-refractivity contribution in [3.05, 3.63) is 71.4 Å². The van der Waals surface area contributed by atoms with Crippen LogP contribution in [0, 0.1) is 0 Å². The van der Waals surface area contributed by atoms with E-state index in [9.17, 15) is 5.11 Å². The van der Waals surface area contributed by atoms with Gasteiger partial charge in [0.2, 0.25) is 0 Å². The standard InChI is InChI=1S/C25H32N4O2S/c1-4-31-22-11-5-18(6-12-22)24-15-26-23(17-32-24)25(30)27-19-7-9-20(10-8-19)29-14-13-21(16-29)28(2)3/h5-12,15,17,21,25-27,30H,4,13-14,16H2,1-3H3. The summed E-state index contributed by atoms with van der Waals surface area (Å²) >= 11 is 1.59. The number of anilines is 2. The lowest BCUT2D eigenvalue weighted by Gasteiger charge is -2.23. The van der Waals surface area contributed by atoms with Gasteiger partial charge in [0.1, 0.15) is 5.75 Å². The predicted octanol–water partition coefficient (Wildman–Crippen LogP) is 4.13. The van der Waals surface area contributed by atoms with Gasteiger partial charge in [-0.2, -0.15) is 0 Å². The molecule has 7 heteroatoms. The van der Waals surface area contributed by atoms with Gasteiger partial charge in [0.05, 0.1) is 12.3 Å². The average Bonchev–Trinajstić information content (AvgIpc) is 3.31. The molecule has 32 heavy (non-hydrogen) atoms. The average molecular weight is 453 g/mol. The molecule has 0 bridgehead atoms. The van der Waals surface area contributed by atoms with Crippen molar-refractivity contribution in [1.29, 1.82) is 0 Å². The largest absolute Gasteiger partial charge is 0.494 e. The van der Waals surface area contributed by atoms with Crippen molar-refractivity contribution in [2.75, 3.05) is 44.0 Å². The zero-order valence-corrected chi connectivity index (χ0v) is 19.7. The van der Waals surface area contributed by atoms with Gasteiger partial charge in [0.25, 0.3) is 0 Å². The van der Waals surface area contributed by atoms with E-state index in [1.165, 1.54) is 12.1 Å². The number of likely N-dealkylation sites (N-methyl/N-ethyl adjacent to an activating group) is 1. The second kappa shape index (κ2) is 10.3. The Labute approximate surface area is 194 Å². The lowest BCUT2D eigenvalue weighted by Crippen LogP contribution is -2.31. The highest BCUT2D eigenvalue weighted by molar-refractivity contribution is 8.11. The summed E-state index contributed by atoms with van der Waals surface area (Å²) in [5, 5.41) is 19.0. The molecule has 2 aromatic carbocycles. The second-order valence-corrected chi connectivity index (χ2v) is 9.16. The Balaban J connectivity index is 1.30. The number of hydrogen-bond acceptors (Lipinski definition) is 7. The maximum absolute atomic E-state index is 10.6. The highest BCUT2D eigenvalue weighted by atomic mass is 32.2. The molecule has 0 radical (unpaired) electrons. The van der Waals surface area contributed by atoms with Gasteiger partial charge in [-0.05, 0) is 74.8 Å². The monoisotopic (exact) mass is 452 g/mol. The highest BCUT2D eigenvalue weighted by Gasteiger charge is 2.24. The fraction of sp³-hybridized carbons (Fsp3) is 0.360. The van der Waals surface area contributed by atoms with Crippen molar-refractivity contribution in [1.82, 2.24) is 10.2 Å². The molecule has 0 spiro atoms.